The number of thiazole rings is 1. The van der Waals surface area contributed by atoms with Crippen molar-refractivity contribution in [3.8, 4) is 5.75 Å². The number of benzene rings is 1. The molecule has 18 heavy (non-hydrogen) atoms. The van der Waals surface area contributed by atoms with Crippen molar-refractivity contribution in [2.75, 3.05) is 24.2 Å². The molecule has 0 unspecified atom stereocenters. The van der Waals surface area contributed by atoms with E-state index in [2.05, 4.69) is 22.6 Å². The normalized spacial score (nSPS) is 10.3. The van der Waals surface area contributed by atoms with Gasteiger partial charge in [-0.15, -0.1) is 11.3 Å². The second-order valence-corrected chi connectivity index (χ2v) is 4.70. The van der Waals surface area contributed by atoms with E-state index in [4.69, 9.17) is 10.5 Å². The second-order valence-electron chi connectivity index (χ2n) is 3.84. The maximum atomic E-state index is 5.60. The summed E-state index contributed by atoms with van der Waals surface area (Å²) in [6.07, 6.45) is 0.972. The fraction of sp³-hybridized carbons (Fsp3) is 0.308. The van der Waals surface area contributed by atoms with Gasteiger partial charge in [0.2, 0.25) is 0 Å². The first-order valence-corrected chi connectivity index (χ1v) is 6.82. The van der Waals surface area contributed by atoms with E-state index in [0.717, 1.165) is 35.2 Å². The summed E-state index contributed by atoms with van der Waals surface area (Å²) in [4.78, 5) is 4.42. The lowest BCUT2D eigenvalue weighted by Gasteiger charge is -2.06. The van der Waals surface area contributed by atoms with Crippen molar-refractivity contribution in [2.24, 2.45) is 0 Å². The van der Waals surface area contributed by atoms with Gasteiger partial charge in [-0.2, -0.15) is 0 Å². The zero-order valence-corrected chi connectivity index (χ0v) is 11.2. The number of nitrogens with two attached hydrogens (primary N) is 1. The quantitative estimate of drug-likeness (QED) is 0.621. The Kier molecular flexibility index (Phi) is 4.41. The summed E-state index contributed by atoms with van der Waals surface area (Å²) >= 11 is 1.63. The third kappa shape index (κ3) is 3.63. The highest BCUT2D eigenvalue weighted by Gasteiger charge is 1.99. The predicted octanol–water partition coefficient (Wildman–Crippen LogP) is 2.78. The van der Waals surface area contributed by atoms with E-state index in [9.17, 15) is 0 Å². The Morgan fingerprint density at radius 3 is 2.78 bits per heavy atom. The molecule has 2 aromatic rings. The molecule has 0 atom stereocenters. The van der Waals surface area contributed by atoms with Gasteiger partial charge in [-0.3, -0.25) is 0 Å². The molecule has 4 nitrogen and oxygen atoms in total. The first-order chi connectivity index (χ1) is 8.78. The minimum absolute atomic E-state index is 0.602. The molecule has 0 aliphatic heterocycles. The van der Waals surface area contributed by atoms with Gasteiger partial charge in [0.25, 0.3) is 0 Å². The number of nitrogen functional groups attached to an aromatic ring is 1. The fourth-order valence-corrected chi connectivity index (χ4v) is 2.26. The third-order valence-corrected chi connectivity index (χ3v) is 3.29. The van der Waals surface area contributed by atoms with Crippen LogP contribution in [0.5, 0.6) is 5.75 Å². The zero-order valence-electron chi connectivity index (χ0n) is 10.3. The summed E-state index contributed by atoms with van der Waals surface area (Å²) in [5.74, 6) is 0.833. The molecule has 1 aromatic heterocycles. The summed E-state index contributed by atoms with van der Waals surface area (Å²) in [5, 5.41) is 6.26. The molecule has 0 amide bonds. The van der Waals surface area contributed by atoms with Crippen molar-refractivity contribution in [2.45, 2.75) is 13.3 Å². The van der Waals surface area contributed by atoms with Crippen LogP contribution in [0.2, 0.25) is 0 Å². The summed E-state index contributed by atoms with van der Waals surface area (Å²) in [6.45, 7) is 3.44. The molecule has 0 aliphatic carbocycles. The largest absolute Gasteiger partial charge is 0.492 e. The number of aromatic nitrogens is 1. The van der Waals surface area contributed by atoms with Gasteiger partial charge >= 0.3 is 0 Å². The molecule has 5 heteroatoms. The number of nitrogens with zero attached hydrogens (tertiary/aromatic N) is 1. The topological polar surface area (TPSA) is 60.2 Å². The van der Waals surface area contributed by atoms with Gasteiger partial charge < -0.3 is 15.8 Å². The van der Waals surface area contributed by atoms with Crippen LogP contribution in [0, 0.1) is 0 Å². The number of hydrogen-bond donors (Lipinski definition) is 2. The number of hydrogen-bond acceptors (Lipinski definition) is 5. The zero-order chi connectivity index (χ0) is 12.8. The lowest BCUT2D eigenvalue weighted by molar-refractivity contribution is 0.333. The lowest BCUT2D eigenvalue weighted by Crippen LogP contribution is -2.11. The molecule has 3 N–H and O–H groups in total. The molecular formula is C13H17N3OS. The summed E-state index contributed by atoms with van der Waals surface area (Å²) < 4.78 is 5.57. The van der Waals surface area contributed by atoms with Crippen LogP contribution in [-0.4, -0.2) is 18.1 Å². The van der Waals surface area contributed by atoms with Crippen LogP contribution in [-0.2, 0) is 6.42 Å². The molecule has 0 aliphatic rings. The Morgan fingerprint density at radius 1 is 1.33 bits per heavy atom. The predicted molar refractivity (Wildman–Crippen MR) is 76.3 cm³/mol. The average Bonchev–Trinajstić information content (AvgIpc) is 2.85. The van der Waals surface area contributed by atoms with Crippen LogP contribution in [0.1, 0.15) is 12.6 Å². The number of nitrogens with one attached hydrogen (secondary N) is 1. The number of aryl methyl sites for hydroxylation is 1. The molecule has 96 valence electrons. The first kappa shape index (κ1) is 12.7. The first-order valence-electron chi connectivity index (χ1n) is 5.94. The molecule has 0 saturated carbocycles. The molecule has 0 radical (unpaired) electrons. The summed E-state index contributed by atoms with van der Waals surface area (Å²) in [7, 11) is 0. The highest BCUT2D eigenvalue weighted by molar-refractivity contribution is 7.13. The van der Waals surface area contributed by atoms with E-state index in [1.807, 2.05) is 24.3 Å². The van der Waals surface area contributed by atoms with E-state index in [1.165, 1.54) is 0 Å². The number of rotatable bonds is 6. The van der Waals surface area contributed by atoms with E-state index >= 15 is 0 Å². The highest BCUT2D eigenvalue weighted by Crippen LogP contribution is 2.16. The number of anilines is 2. The lowest BCUT2D eigenvalue weighted by atomic mass is 10.3. The van der Waals surface area contributed by atoms with Gasteiger partial charge in [0.15, 0.2) is 5.13 Å². The molecule has 0 fully saturated rings. The maximum absolute atomic E-state index is 5.60. The van der Waals surface area contributed by atoms with Gasteiger partial charge in [0, 0.05) is 11.1 Å². The van der Waals surface area contributed by atoms with Crippen molar-refractivity contribution < 1.29 is 4.74 Å². The Hall–Kier alpha value is -1.75. The monoisotopic (exact) mass is 263 g/mol. The second kappa shape index (κ2) is 6.26. The molecule has 1 aromatic carbocycles. The van der Waals surface area contributed by atoms with E-state index < -0.39 is 0 Å². The smallest absolute Gasteiger partial charge is 0.182 e. The highest BCUT2D eigenvalue weighted by atomic mass is 32.1. The molecule has 2 rings (SSSR count). The molecular weight excluding hydrogens is 246 g/mol. The van der Waals surface area contributed by atoms with Crippen molar-refractivity contribution in [1.82, 2.24) is 4.98 Å². The van der Waals surface area contributed by atoms with E-state index in [0.29, 0.717) is 6.61 Å². The minimum atomic E-state index is 0.602. The summed E-state index contributed by atoms with van der Waals surface area (Å²) in [5.41, 5.74) is 7.47. The maximum Gasteiger partial charge on any atom is 0.182 e. The van der Waals surface area contributed by atoms with Crippen molar-refractivity contribution >= 4 is 22.2 Å². The van der Waals surface area contributed by atoms with Crippen LogP contribution < -0.4 is 15.8 Å². The van der Waals surface area contributed by atoms with Crippen LogP contribution in [0.4, 0.5) is 10.8 Å². The number of ether oxygens (including phenoxy) is 1. The van der Waals surface area contributed by atoms with Crippen LogP contribution in [0.3, 0.4) is 0 Å². The molecule has 0 spiro atoms. The van der Waals surface area contributed by atoms with Gasteiger partial charge in [-0.05, 0) is 30.7 Å². The van der Waals surface area contributed by atoms with E-state index in [1.54, 1.807) is 11.3 Å². The van der Waals surface area contributed by atoms with Gasteiger partial charge in [-0.1, -0.05) is 6.92 Å². The van der Waals surface area contributed by atoms with Gasteiger partial charge in [-0.25, -0.2) is 4.98 Å². The Morgan fingerprint density at radius 2 is 2.11 bits per heavy atom. The SMILES string of the molecule is CCc1csc(NCCOc2ccc(N)cc2)n1. The van der Waals surface area contributed by atoms with Crippen molar-refractivity contribution in [3.05, 3.63) is 35.3 Å². The Balaban J connectivity index is 1.71. The Bertz CT molecular complexity index is 481. The van der Waals surface area contributed by atoms with Crippen LogP contribution in [0.15, 0.2) is 29.6 Å². The Labute approximate surface area is 111 Å². The van der Waals surface area contributed by atoms with E-state index in [-0.39, 0.29) is 0 Å². The summed E-state index contributed by atoms with van der Waals surface area (Å²) in [6, 6.07) is 7.40. The fourth-order valence-electron chi connectivity index (χ4n) is 1.44. The third-order valence-electron chi connectivity index (χ3n) is 2.44. The average molecular weight is 263 g/mol. The minimum Gasteiger partial charge on any atom is -0.492 e. The van der Waals surface area contributed by atoms with Crippen molar-refractivity contribution in [1.29, 1.82) is 0 Å². The van der Waals surface area contributed by atoms with Gasteiger partial charge in [0.05, 0.1) is 12.2 Å². The van der Waals surface area contributed by atoms with Gasteiger partial charge in [0.1, 0.15) is 12.4 Å². The molecule has 1 heterocycles. The van der Waals surface area contributed by atoms with Crippen molar-refractivity contribution in [3.63, 3.8) is 0 Å². The molecule has 0 bridgehead atoms. The van der Waals surface area contributed by atoms with Crippen LogP contribution >= 0.6 is 11.3 Å². The molecule has 0 saturated heterocycles. The standard InChI is InChI=1S/C13H17N3OS/c1-2-11-9-18-13(16-11)15-7-8-17-12-5-3-10(14)4-6-12/h3-6,9H,2,7-8,14H2,1H3,(H,15,16). The van der Waals surface area contributed by atoms with Crippen LogP contribution in [0.25, 0.3) is 0 Å².